The van der Waals surface area contributed by atoms with Crippen LogP contribution < -0.4 is 0 Å². The van der Waals surface area contributed by atoms with Gasteiger partial charge in [0.1, 0.15) is 5.75 Å². The van der Waals surface area contributed by atoms with Crippen molar-refractivity contribution in [3.63, 3.8) is 0 Å². The first kappa shape index (κ1) is 9.83. The summed E-state index contributed by atoms with van der Waals surface area (Å²) in [6, 6.07) is 5.30. The van der Waals surface area contributed by atoms with E-state index in [0.717, 1.165) is 19.9 Å². The molecule has 1 heterocycles. The number of phenols is 1. The Bertz CT molecular complexity index is 462. The van der Waals surface area contributed by atoms with Gasteiger partial charge in [0, 0.05) is 19.9 Å². The Kier molecular flexibility index (Phi) is 2.67. The van der Waals surface area contributed by atoms with Crippen LogP contribution in [0.1, 0.15) is 4.88 Å². The standard InChI is InChI=1S/C10H10O2S2/c1-13-10-7-4-6(12)2-3-8(7)14-9(10)5-11/h2-4,11-12H,5H2,1H3. The predicted octanol–water partition coefficient (Wildman–Crippen LogP) is 2.82. The minimum absolute atomic E-state index is 0.0658. The zero-order valence-corrected chi connectivity index (χ0v) is 9.28. The second-order valence-electron chi connectivity index (χ2n) is 2.90. The number of aliphatic hydroxyl groups excluding tert-OH is 1. The molecule has 0 radical (unpaired) electrons. The number of thioether (sulfide) groups is 1. The van der Waals surface area contributed by atoms with Crippen LogP contribution in [0.15, 0.2) is 23.1 Å². The van der Waals surface area contributed by atoms with Crippen molar-refractivity contribution in [3.05, 3.63) is 23.1 Å². The van der Waals surface area contributed by atoms with Gasteiger partial charge in [-0.2, -0.15) is 0 Å². The van der Waals surface area contributed by atoms with Gasteiger partial charge in [0.15, 0.2) is 0 Å². The summed E-state index contributed by atoms with van der Waals surface area (Å²) in [5, 5.41) is 19.6. The fourth-order valence-electron chi connectivity index (χ4n) is 1.44. The summed E-state index contributed by atoms with van der Waals surface area (Å²) in [6.45, 7) is 0.0658. The Hall–Kier alpha value is -0.710. The summed E-state index contributed by atoms with van der Waals surface area (Å²) in [4.78, 5) is 2.04. The van der Waals surface area contributed by atoms with Gasteiger partial charge in [0.2, 0.25) is 0 Å². The van der Waals surface area contributed by atoms with Gasteiger partial charge in [-0.3, -0.25) is 0 Å². The van der Waals surface area contributed by atoms with Crippen molar-refractivity contribution in [1.29, 1.82) is 0 Å². The highest BCUT2D eigenvalue weighted by Crippen LogP contribution is 2.38. The van der Waals surface area contributed by atoms with Crippen molar-refractivity contribution in [3.8, 4) is 5.75 Å². The maximum absolute atomic E-state index is 9.37. The van der Waals surface area contributed by atoms with Crippen molar-refractivity contribution < 1.29 is 10.2 Å². The van der Waals surface area contributed by atoms with Crippen molar-refractivity contribution >= 4 is 33.2 Å². The van der Waals surface area contributed by atoms with Gasteiger partial charge in [-0.25, -0.2) is 0 Å². The highest BCUT2D eigenvalue weighted by molar-refractivity contribution is 7.99. The van der Waals surface area contributed by atoms with Gasteiger partial charge in [0.05, 0.1) is 6.61 Å². The summed E-state index contributed by atoms with van der Waals surface area (Å²) in [5.74, 6) is 0.273. The Morgan fingerprint density at radius 3 is 2.86 bits per heavy atom. The maximum Gasteiger partial charge on any atom is 0.116 e. The number of benzene rings is 1. The smallest absolute Gasteiger partial charge is 0.116 e. The SMILES string of the molecule is CSc1c(CO)sc2ccc(O)cc12. The van der Waals surface area contributed by atoms with Crippen LogP contribution in [0.3, 0.4) is 0 Å². The molecule has 2 N–H and O–H groups in total. The lowest BCUT2D eigenvalue weighted by Gasteiger charge is -1.97. The number of fused-ring (bicyclic) bond motifs is 1. The highest BCUT2D eigenvalue weighted by atomic mass is 32.2. The van der Waals surface area contributed by atoms with Gasteiger partial charge in [-0.1, -0.05) is 0 Å². The molecule has 0 atom stereocenters. The fourth-order valence-corrected chi connectivity index (χ4v) is 3.50. The number of rotatable bonds is 2. The van der Waals surface area contributed by atoms with Gasteiger partial charge in [0.25, 0.3) is 0 Å². The van der Waals surface area contributed by atoms with E-state index in [0.29, 0.717) is 0 Å². The Morgan fingerprint density at radius 1 is 1.43 bits per heavy atom. The number of phenolic OH excluding ortho intramolecular Hbond substituents is 1. The molecule has 2 nitrogen and oxygen atoms in total. The summed E-state index contributed by atoms with van der Waals surface area (Å²) < 4.78 is 1.11. The minimum Gasteiger partial charge on any atom is -0.508 e. The van der Waals surface area contributed by atoms with Crippen LogP contribution in [-0.4, -0.2) is 16.5 Å². The van der Waals surface area contributed by atoms with E-state index in [2.05, 4.69) is 0 Å². The molecule has 0 spiro atoms. The van der Waals surface area contributed by atoms with E-state index in [9.17, 15) is 5.11 Å². The Morgan fingerprint density at radius 2 is 2.21 bits per heavy atom. The summed E-state index contributed by atoms with van der Waals surface area (Å²) in [6.07, 6.45) is 1.98. The molecule has 0 aliphatic carbocycles. The zero-order valence-electron chi connectivity index (χ0n) is 7.65. The number of thiophene rings is 1. The number of aliphatic hydroxyl groups is 1. The van der Waals surface area contributed by atoms with Crippen LogP contribution in [-0.2, 0) is 6.61 Å². The third kappa shape index (κ3) is 1.49. The molecule has 1 aromatic heterocycles. The van der Waals surface area contributed by atoms with E-state index < -0.39 is 0 Å². The number of hydrogen-bond donors (Lipinski definition) is 2. The fraction of sp³-hybridized carbons (Fsp3) is 0.200. The predicted molar refractivity (Wildman–Crippen MR) is 61.2 cm³/mol. The Labute approximate surface area is 90.2 Å². The first-order chi connectivity index (χ1) is 6.76. The van der Waals surface area contributed by atoms with Crippen molar-refractivity contribution in [2.75, 3.05) is 6.26 Å². The molecule has 4 heteroatoms. The van der Waals surface area contributed by atoms with Gasteiger partial charge in [-0.15, -0.1) is 23.1 Å². The molecular formula is C10H10O2S2. The largest absolute Gasteiger partial charge is 0.508 e. The topological polar surface area (TPSA) is 40.5 Å². The van der Waals surface area contributed by atoms with Crippen molar-refractivity contribution in [1.82, 2.24) is 0 Å². The molecule has 0 saturated carbocycles. The lowest BCUT2D eigenvalue weighted by molar-refractivity contribution is 0.283. The third-order valence-corrected chi connectivity index (χ3v) is 4.20. The molecule has 2 rings (SSSR count). The molecule has 2 aromatic rings. The summed E-state index contributed by atoms with van der Waals surface area (Å²) in [7, 11) is 0. The van der Waals surface area contributed by atoms with E-state index in [-0.39, 0.29) is 12.4 Å². The molecule has 0 aliphatic heterocycles. The molecule has 0 bridgehead atoms. The van der Waals surface area contributed by atoms with Gasteiger partial charge < -0.3 is 10.2 Å². The lowest BCUT2D eigenvalue weighted by Crippen LogP contribution is -1.78. The van der Waals surface area contributed by atoms with E-state index in [1.54, 1.807) is 35.2 Å². The molecule has 1 aromatic carbocycles. The molecule has 0 unspecified atom stereocenters. The second kappa shape index (κ2) is 3.81. The van der Waals surface area contributed by atoms with Gasteiger partial charge in [-0.05, 0) is 24.5 Å². The summed E-state index contributed by atoms with van der Waals surface area (Å²) >= 11 is 3.18. The molecular weight excluding hydrogens is 216 g/mol. The monoisotopic (exact) mass is 226 g/mol. The highest BCUT2D eigenvalue weighted by Gasteiger charge is 2.10. The van der Waals surface area contributed by atoms with Crippen molar-refractivity contribution in [2.24, 2.45) is 0 Å². The average Bonchev–Trinajstić information content (AvgIpc) is 2.54. The molecule has 0 saturated heterocycles. The quantitative estimate of drug-likeness (QED) is 0.774. The molecule has 0 fully saturated rings. The normalized spacial score (nSPS) is 11.0. The molecule has 0 amide bonds. The van der Waals surface area contributed by atoms with Crippen LogP contribution in [0.2, 0.25) is 0 Å². The van der Waals surface area contributed by atoms with Crippen LogP contribution in [0.5, 0.6) is 5.75 Å². The molecule has 74 valence electrons. The maximum atomic E-state index is 9.37. The van der Waals surface area contributed by atoms with E-state index >= 15 is 0 Å². The van der Waals surface area contributed by atoms with Crippen LogP contribution >= 0.6 is 23.1 Å². The third-order valence-electron chi connectivity index (χ3n) is 2.04. The first-order valence-corrected chi connectivity index (χ1v) is 6.19. The van der Waals surface area contributed by atoms with E-state index in [1.807, 2.05) is 12.3 Å². The van der Waals surface area contributed by atoms with E-state index in [1.165, 1.54) is 0 Å². The molecule has 14 heavy (non-hydrogen) atoms. The van der Waals surface area contributed by atoms with Gasteiger partial charge >= 0.3 is 0 Å². The van der Waals surface area contributed by atoms with Crippen molar-refractivity contribution in [2.45, 2.75) is 11.5 Å². The average molecular weight is 226 g/mol. The number of aromatic hydroxyl groups is 1. The number of hydrogen-bond acceptors (Lipinski definition) is 4. The minimum atomic E-state index is 0.0658. The van der Waals surface area contributed by atoms with E-state index in [4.69, 9.17) is 5.11 Å². The molecule has 0 aliphatic rings. The zero-order chi connectivity index (χ0) is 10.1. The van der Waals surface area contributed by atoms with Crippen LogP contribution in [0.25, 0.3) is 10.1 Å². The second-order valence-corrected chi connectivity index (χ2v) is 4.85. The first-order valence-electron chi connectivity index (χ1n) is 4.15. The lowest BCUT2D eigenvalue weighted by atomic mass is 10.2. The summed E-state index contributed by atoms with van der Waals surface area (Å²) in [5.41, 5.74) is 0. The van der Waals surface area contributed by atoms with Crippen LogP contribution in [0.4, 0.5) is 0 Å². The Balaban J connectivity index is 2.74. The van der Waals surface area contributed by atoms with Crippen LogP contribution in [0, 0.1) is 0 Å².